The van der Waals surface area contributed by atoms with Gasteiger partial charge in [0.1, 0.15) is 0 Å². The third kappa shape index (κ3) is 2.18. The van der Waals surface area contributed by atoms with E-state index in [1.807, 2.05) is 16.6 Å². The van der Waals surface area contributed by atoms with Gasteiger partial charge in [-0.15, -0.1) is 10.2 Å². The Morgan fingerprint density at radius 2 is 2.00 bits per heavy atom. The predicted octanol–water partition coefficient (Wildman–Crippen LogP) is 2.83. The Kier molecular flexibility index (Phi) is 3.15. The number of nitrogens with zero attached hydrogens (tertiary/aromatic N) is 4. The average Bonchev–Trinajstić information content (AvgIpc) is 3.17. The molecule has 0 bridgehead atoms. The van der Waals surface area contributed by atoms with E-state index in [9.17, 15) is 0 Å². The summed E-state index contributed by atoms with van der Waals surface area (Å²) in [6.07, 6.45) is 2.27. The summed E-state index contributed by atoms with van der Waals surface area (Å²) < 4.78 is 1.88. The molecule has 1 aromatic carbocycles. The third-order valence-corrected chi connectivity index (χ3v) is 4.46. The number of hydrogen-bond acceptors (Lipinski definition) is 4. The number of fused-ring (bicyclic) bond motifs is 1. The molecule has 22 heavy (non-hydrogen) atoms. The van der Waals surface area contributed by atoms with Crippen LogP contribution in [0.25, 0.3) is 16.9 Å². The van der Waals surface area contributed by atoms with E-state index in [4.69, 9.17) is 5.10 Å². The lowest BCUT2D eigenvalue weighted by molar-refractivity contribution is 0.585. The number of aromatic nitrogens is 4. The van der Waals surface area contributed by atoms with E-state index in [1.165, 1.54) is 17.5 Å². The lowest BCUT2D eigenvalue weighted by Crippen LogP contribution is -2.16. The van der Waals surface area contributed by atoms with Crippen LogP contribution in [0.4, 0.5) is 0 Å². The van der Waals surface area contributed by atoms with Crippen LogP contribution >= 0.6 is 0 Å². The molecule has 5 nitrogen and oxygen atoms in total. The fourth-order valence-electron chi connectivity index (χ4n) is 2.98. The predicted molar refractivity (Wildman–Crippen MR) is 85.7 cm³/mol. The van der Waals surface area contributed by atoms with Crippen molar-refractivity contribution in [1.29, 1.82) is 0 Å². The lowest BCUT2D eigenvalue weighted by atomic mass is 10.0. The summed E-state index contributed by atoms with van der Waals surface area (Å²) in [5.74, 6) is 0.915. The maximum atomic E-state index is 4.77. The molecule has 1 aliphatic heterocycles. The summed E-state index contributed by atoms with van der Waals surface area (Å²) in [6, 6.07) is 10.7. The lowest BCUT2D eigenvalue weighted by Gasteiger charge is -2.09. The van der Waals surface area contributed by atoms with Crippen molar-refractivity contribution < 1.29 is 0 Å². The Morgan fingerprint density at radius 1 is 1.09 bits per heavy atom. The molecule has 3 heterocycles. The zero-order valence-electron chi connectivity index (χ0n) is 12.9. The van der Waals surface area contributed by atoms with Gasteiger partial charge in [-0.1, -0.05) is 12.1 Å². The second-order valence-corrected chi connectivity index (χ2v) is 5.99. The fraction of sp³-hybridized carbons (Fsp3) is 0.353. The van der Waals surface area contributed by atoms with Crippen LogP contribution in [-0.2, 0) is 0 Å². The maximum Gasteiger partial charge on any atom is 0.178 e. The van der Waals surface area contributed by atoms with Gasteiger partial charge in [-0.2, -0.15) is 9.61 Å². The van der Waals surface area contributed by atoms with Gasteiger partial charge in [0, 0.05) is 5.56 Å². The highest BCUT2D eigenvalue weighted by molar-refractivity contribution is 5.61. The van der Waals surface area contributed by atoms with Gasteiger partial charge in [-0.3, -0.25) is 0 Å². The van der Waals surface area contributed by atoms with Crippen LogP contribution in [-0.4, -0.2) is 26.4 Å². The molecular formula is C17H19N5. The minimum atomic E-state index is 0.262. The summed E-state index contributed by atoms with van der Waals surface area (Å²) in [4.78, 5) is 0. The Balaban J connectivity index is 1.81. The molecule has 0 aliphatic carbocycles. The van der Waals surface area contributed by atoms with E-state index in [0.29, 0.717) is 0 Å². The standard InChI is InChI=1S/C17H19N5/c1-11-5-6-13(10-12(11)2)14-7-8-16-19-20-17(22(16)21-14)15-4-3-9-18-15/h5-8,10,15,18H,3-4,9H2,1-2H3/t15-/m1/s1. The van der Waals surface area contributed by atoms with Gasteiger partial charge in [0.15, 0.2) is 11.5 Å². The highest BCUT2D eigenvalue weighted by Crippen LogP contribution is 2.24. The van der Waals surface area contributed by atoms with E-state index >= 15 is 0 Å². The van der Waals surface area contributed by atoms with Gasteiger partial charge < -0.3 is 5.32 Å². The van der Waals surface area contributed by atoms with Gasteiger partial charge in [0.2, 0.25) is 0 Å². The zero-order chi connectivity index (χ0) is 15.1. The van der Waals surface area contributed by atoms with Crippen LogP contribution in [0.5, 0.6) is 0 Å². The van der Waals surface area contributed by atoms with Gasteiger partial charge >= 0.3 is 0 Å². The van der Waals surface area contributed by atoms with Crippen molar-refractivity contribution >= 4 is 5.65 Å². The van der Waals surface area contributed by atoms with Gasteiger partial charge in [-0.05, 0) is 62.6 Å². The van der Waals surface area contributed by atoms with Crippen molar-refractivity contribution in [3.8, 4) is 11.3 Å². The van der Waals surface area contributed by atoms with Crippen molar-refractivity contribution in [3.05, 3.63) is 47.3 Å². The molecule has 4 rings (SSSR count). The van der Waals surface area contributed by atoms with E-state index in [2.05, 4.69) is 47.6 Å². The summed E-state index contributed by atoms with van der Waals surface area (Å²) in [6.45, 7) is 5.29. The monoisotopic (exact) mass is 293 g/mol. The van der Waals surface area contributed by atoms with Crippen molar-refractivity contribution in [2.45, 2.75) is 32.7 Å². The topological polar surface area (TPSA) is 55.1 Å². The SMILES string of the molecule is Cc1ccc(-c2ccc3nnc([C@H]4CCCN4)n3n2)cc1C. The van der Waals surface area contributed by atoms with Crippen LogP contribution in [0.3, 0.4) is 0 Å². The zero-order valence-corrected chi connectivity index (χ0v) is 12.9. The van der Waals surface area contributed by atoms with Crippen molar-refractivity contribution in [2.24, 2.45) is 0 Å². The normalized spacial score (nSPS) is 18.2. The van der Waals surface area contributed by atoms with E-state index in [0.717, 1.165) is 35.7 Å². The summed E-state index contributed by atoms with van der Waals surface area (Å²) in [5.41, 5.74) is 5.46. The Bertz CT molecular complexity index is 830. The number of benzene rings is 1. The molecule has 1 fully saturated rings. The number of rotatable bonds is 2. The molecule has 3 aromatic rings. The van der Waals surface area contributed by atoms with Crippen LogP contribution in [0.2, 0.25) is 0 Å². The quantitative estimate of drug-likeness (QED) is 0.789. The molecule has 0 unspecified atom stereocenters. The molecule has 0 spiro atoms. The number of nitrogens with one attached hydrogen (secondary N) is 1. The van der Waals surface area contributed by atoms with E-state index in [-0.39, 0.29) is 6.04 Å². The molecule has 1 N–H and O–H groups in total. The number of hydrogen-bond donors (Lipinski definition) is 1. The molecule has 1 atom stereocenters. The molecule has 0 radical (unpaired) electrons. The summed E-state index contributed by atoms with van der Waals surface area (Å²) >= 11 is 0. The Labute approximate surface area is 129 Å². The van der Waals surface area contributed by atoms with E-state index < -0.39 is 0 Å². The largest absolute Gasteiger partial charge is 0.307 e. The third-order valence-electron chi connectivity index (χ3n) is 4.46. The first-order chi connectivity index (χ1) is 10.7. The second-order valence-electron chi connectivity index (χ2n) is 5.99. The fourth-order valence-corrected chi connectivity index (χ4v) is 2.98. The van der Waals surface area contributed by atoms with Crippen LogP contribution in [0, 0.1) is 13.8 Å². The van der Waals surface area contributed by atoms with Crippen LogP contribution < -0.4 is 5.32 Å². The molecule has 2 aromatic heterocycles. The molecule has 0 saturated carbocycles. The maximum absolute atomic E-state index is 4.77. The van der Waals surface area contributed by atoms with Crippen molar-refractivity contribution in [1.82, 2.24) is 25.1 Å². The molecule has 112 valence electrons. The molecular weight excluding hydrogens is 274 g/mol. The smallest absolute Gasteiger partial charge is 0.178 e. The average molecular weight is 293 g/mol. The van der Waals surface area contributed by atoms with Crippen LogP contribution in [0.1, 0.15) is 35.8 Å². The molecule has 5 heteroatoms. The molecule has 1 saturated heterocycles. The Morgan fingerprint density at radius 3 is 2.77 bits per heavy atom. The first-order valence-corrected chi connectivity index (χ1v) is 7.76. The highest BCUT2D eigenvalue weighted by Gasteiger charge is 2.22. The molecule has 1 aliphatic rings. The van der Waals surface area contributed by atoms with Crippen LogP contribution in [0.15, 0.2) is 30.3 Å². The van der Waals surface area contributed by atoms with Crippen molar-refractivity contribution in [3.63, 3.8) is 0 Å². The summed E-state index contributed by atoms with van der Waals surface area (Å²) in [5, 5.41) is 16.8. The first-order valence-electron chi connectivity index (χ1n) is 7.76. The van der Waals surface area contributed by atoms with Gasteiger partial charge in [0.25, 0.3) is 0 Å². The minimum absolute atomic E-state index is 0.262. The first kappa shape index (κ1) is 13.4. The van der Waals surface area contributed by atoms with Crippen molar-refractivity contribution in [2.75, 3.05) is 6.54 Å². The van der Waals surface area contributed by atoms with Gasteiger partial charge in [-0.25, -0.2) is 0 Å². The van der Waals surface area contributed by atoms with E-state index in [1.54, 1.807) is 0 Å². The summed E-state index contributed by atoms with van der Waals surface area (Å²) in [7, 11) is 0. The second kappa shape index (κ2) is 5.18. The highest BCUT2D eigenvalue weighted by atomic mass is 15.4. The Hall–Kier alpha value is -2.27. The van der Waals surface area contributed by atoms with Gasteiger partial charge in [0.05, 0.1) is 11.7 Å². The number of aryl methyl sites for hydroxylation is 2. The molecule has 0 amide bonds. The minimum Gasteiger partial charge on any atom is -0.307 e.